The van der Waals surface area contributed by atoms with Crippen LogP contribution < -0.4 is 5.32 Å². The maximum absolute atomic E-state index is 12.2. The van der Waals surface area contributed by atoms with Gasteiger partial charge in [-0.25, -0.2) is 0 Å². The molecule has 20 heavy (non-hydrogen) atoms. The quantitative estimate of drug-likeness (QED) is 0.661. The molecule has 1 aliphatic rings. The van der Waals surface area contributed by atoms with Crippen molar-refractivity contribution in [3.05, 3.63) is 38.9 Å². The van der Waals surface area contributed by atoms with Crippen LogP contribution >= 0.6 is 11.6 Å². The van der Waals surface area contributed by atoms with E-state index in [4.69, 9.17) is 11.6 Å². The van der Waals surface area contributed by atoms with Crippen molar-refractivity contribution in [1.29, 1.82) is 0 Å². The summed E-state index contributed by atoms with van der Waals surface area (Å²) in [5.41, 5.74) is -0.489. The van der Waals surface area contributed by atoms with Gasteiger partial charge in [-0.05, 0) is 25.0 Å². The average molecular weight is 299 g/mol. The Morgan fingerprint density at radius 3 is 2.75 bits per heavy atom. The van der Waals surface area contributed by atoms with E-state index in [0.717, 1.165) is 12.8 Å². The molecule has 1 aliphatic carbocycles. The van der Waals surface area contributed by atoms with E-state index >= 15 is 0 Å². The first-order chi connectivity index (χ1) is 9.50. The molecule has 2 rings (SSSR count). The number of nitro groups is 1. The minimum absolute atomic E-state index is 0.0770. The Hall–Kier alpha value is -1.66. The van der Waals surface area contributed by atoms with E-state index in [2.05, 4.69) is 5.32 Å². The van der Waals surface area contributed by atoms with Crippen LogP contribution in [0.2, 0.25) is 5.02 Å². The highest BCUT2D eigenvalue weighted by molar-refractivity contribution is 6.33. The molecular formula is C13H15ClN2O4. The first-order valence-corrected chi connectivity index (χ1v) is 6.80. The maximum Gasteiger partial charge on any atom is 0.300 e. The number of benzene rings is 1. The number of para-hydroxylation sites is 1. The molecule has 2 atom stereocenters. The van der Waals surface area contributed by atoms with Crippen LogP contribution in [-0.2, 0) is 0 Å². The molecule has 0 aromatic heterocycles. The lowest BCUT2D eigenvalue weighted by atomic mass is 9.92. The minimum atomic E-state index is -0.672. The Morgan fingerprint density at radius 1 is 1.40 bits per heavy atom. The molecule has 1 saturated carbocycles. The summed E-state index contributed by atoms with van der Waals surface area (Å²) in [5, 5.41) is 23.4. The molecule has 0 saturated heterocycles. The molecule has 6 nitrogen and oxygen atoms in total. The molecule has 0 heterocycles. The number of nitrogens with one attached hydrogen (secondary N) is 1. The molecule has 0 spiro atoms. The Kier molecular flexibility index (Phi) is 4.57. The van der Waals surface area contributed by atoms with E-state index in [-0.39, 0.29) is 16.6 Å². The van der Waals surface area contributed by atoms with E-state index in [0.29, 0.717) is 12.8 Å². The third kappa shape index (κ3) is 3.08. The van der Waals surface area contributed by atoms with Gasteiger partial charge in [0.2, 0.25) is 0 Å². The van der Waals surface area contributed by atoms with Gasteiger partial charge in [0.15, 0.2) is 0 Å². The molecule has 108 valence electrons. The van der Waals surface area contributed by atoms with Crippen molar-refractivity contribution < 1.29 is 14.8 Å². The van der Waals surface area contributed by atoms with Gasteiger partial charge in [-0.15, -0.1) is 0 Å². The monoisotopic (exact) mass is 298 g/mol. The number of aliphatic hydroxyl groups is 1. The van der Waals surface area contributed by atoms with Crippen LogP contribution in [0.15, 0.2) is 18.2 Å². The average Bonchev–Trinajstić information content (AvgIpc) is 2.40. The predicted octanol–water partition coefficient (Wildman–Crippen LogP) is 2.28. The smallest absolute Gasteiger partial charge is 0.300 e. The topological polar surface area (TPSA) is 92.5 Å². The van der Waals surface area contributed by atoms with Crippen molar-refractivity contribution >= 4 is 23.2 Å². The van der Waals surface area contributed by atoms with Gasteiger partial charge in [-0.3, -0.25) is 14.9 Å². The van der Waals surface area contributed by atoms with E-state index in [1.54, 1.807) is 0 Å². The summed E-state index contributed by atoms with van der Waals surface area (Å²) in [4.78, 5) is 22.5. The van der Waals surface area contributed by atoms with Gasteiger partial charge in [-0.2, -0.15) is 0 Å². The molecule has 1 aromatic carbocycles. The largest absolute Gasteiger partial charge is 0.391 e. The van der Waals surface area contributed by atoms with Gasteiger partial charge >= 0.3 is 5.69 Å². The fourth-order valence-corrected chi connectivity index (χ4v) is 2.65. The lowest BCUT2D eigenvalue weighted by molar-refractivity contribution is -0.385. The van der Waals surface area contributed by atoms with Gasteiger partial charge < -0.3 is 10.4 Å². The fraction of sp³-hybridized carbons (Fsp3) is 0.462. The summed E-state index contributed by atoms with van der Waals surface area (Å²) < 4.78 is 0. The lowest BCUT2D eigenvalue weighted by Gasteiger charge is -2.28. The van der Waals surface area contributed by atoms with Crippen LogP contribution in [0.25, 0.3) is 0 Å². The van der Waals surface area contributed by atoms with Crippen LogP contribution in [0.1, 0.15) is 36.0 Å². The highest BCUT2D eigenvalue weighted by Gasteiger charge is 2.28. The molecule has 1 amide bonds. The molecule has 0 bridgehead atoms. The van der Waals surface area contributed by atoms with Gasteiger partial charge in [0, 0.05) is 0 Å². The second-order valence-corrected chi connectivity index (χ2v) is 5.23. The summed E-state index contributed by atoms with van der Waals surface area (Å²) in [6, 6.07) is 3.84. The first kappa shape index (κ1) is 14.7. The van der Waals surface area contributed by atoms with Gasteiger partial charge in [-0.1, -0.05) is 30.5 Å². The number of nitrogens with zero attached hydrogens (tertiary/aromatic N) is 1. The highest BCUT2D eigenvalue weighted by Crippen LogP contribution is 2.28. The number of nitro benzene ring substituents is 1. The van der Waals surface area contributed by atoms with E-state index in [9.17, 15) is 20.0 Å². The van der Waals surface area contributed by atoms with Crippen LogP contribution in [-0.4, -0.2) is 28.1 Å². The minimum Gasteiger partial charge on any atom is -0.391 e. The van der Waals surface area contributed by atoms with Crippen LogP contribution in [0.3, 0.4) is 0 Å². The van der Waals surface area contributed by atoms with Crippen LogP contribution in [0.4, 0.5) is 5.69 Å². The van der Waals surface area contributed by atoms with Crippen molar-refractivity contribution in [3.8, 4) is 0 Å². The molecule has 7 heteroatoms. The van der Waals surface area contributed by atoms with Gasteiger partial charge in [0.05, 0.1) is 17.1 Å². The second-order valence-electron chi connectivity index (χ2n) is 4.82. The molecule has 1 fully saturated rings. The van der Waals surface area contributed by atoms with Crippen molar-refractivity contribution in [2.45, 2.75) is 37.8 Å². The Balaban J connectivity index is 2.21. The number of aliphatic hydroxyl groups excluding tert-OH is 1. The Labute approximate surface area is 120 Å². The highest BCUT2D eigenvalue weighted by atomic mass is 35.5. The van der Waals surface area contributed by atoms with Crippen molar-refractivity contribution in [2.75, 3.05) is 0 Å². The summed E-state index contributed by atoms with van der Waals surface area (Å²) in [5.74, 6) is -0.579. The van der Waals surface area contributed by atoms with E-state index < -0.39 is 22.6 Å². The number of rotatable bonds is 3. The second kappa shape index (κ2) is 6.19. The molecule has 0 radical (unpaired) electrons. The van der Waals surface area contributed by atoms with Crippen molar-refractivity contribution in [2.24, 2.45) is 0 Å². The van der Waals surface area contributed by atoms with Crippen LogP contribution in [0.5, 0.6) is 0 Å². The van der Waals surface area contributed by atoms with Crippen LogP contribution in [0, 0.1) is 10.1 Å². The number of carbonyl (C=O) groups excluding carboxylic acids is 1. The Morgan fingerprint density at radius 2 is 2.10 bits per heavy atom. The number of amides is 1. The third-order valence-electron chi connectivity index (χ3n) is 3.46. The van der Waals surface area contributed by atoms with Crippen molar-refractivity contribution in [1.82, 2.24) is 5.32 Å². The van der Waals surface area contributed by atoms with E-state index in [1.807, 2.05) is 0 Å². The normalized spacial score (nSPS) is 22.3. The molecule has 2 N–H and O–H groups in total. The standard InChI is InChI=1S/C13H15ClN2O4/c14-9-5-3-4-8(12(9)16(19)20)13(18)15-10-6-1-2-7-11(10)17/h3-5,10-11,17H,1-2,6-7H2,(H,15,18). The summed E-state index contributed by atoms with van der Waals surface area (Å²) >= 11 is 5.77. The third-order valence-corrected chi connectivity index (χ3v) is 3.76. The van der Waals surface area contributed by atoms with Gasteiger partial charge in [0.1, 0.15) is 10.6 Å². The first-order valence-electron chi connectivity index (χ1n) is 6.42. The lowest BCUT2D eigenvalue weighted by Crippen LogP contribution is -2.45. The maximum atomic E-state index is 12.2. The number of hydrogen-bond acceptors (Lipinski definition) is 4. The summed E-state index contributed by atoms with van der Waals surface area (Å²) in [7, 11) is 0. The number of halogens is 1. The molecule has 0 aliphatic heterocycles. The SMILES string of the molecule is O=C(NC1CCCCC1O)c1cccc(Cl)c1[N+](=O)[O-]. The zero-order chi connectivity index (χ0) is 14.7. The zero-order valence-electron chi connectivity index (χ0n) is 10.7. The zero-order valence-corrected chi connectivity index (χ0v) is 11.5. The Bertz CT molecular complexity index is 535. The fourth-order valence-electron chi connectivity index (χ4n) is 2.41. The van der Waals surface area contributed by atoms with Crippen molar-refractivity contribution in [3.63, 3.8) is 0 Å². The number of carbonyl (C=O) groups is 1. The molecular weight excluding hydrogens is 284 g/mol. The van der Waals surface area contributed by atoms with E-state index in [1.165, 1.54) is 18.2 Å². The van der Waals surface area contributed by atoms with Gasteiger partial charge in [0.25, 0.3) is 5.91 Å². The predicted molar refractivity (Wildman–Crippen MR) is 73.8 cm³/mol. The summed E-state index contributed by atoms with van der Waals surface area (Å²) in [6.45, 7) is 0. The molecule has 1 aromatic rings. The number of hydrogen-bond donors (Lipinski definition) is 2. The molecule has 2 unspecified atom stereocenters. The summed E-state index contributed by atoms with van der Waals surface area (Å²) in [6.07, 6.45) is 2.53.